The zero-order valence-corrected chi connectivity index (χ0v) is 76.4. The summed E-state index contributed by atoms with van der Waals surface area (Å²) in [7, 11) is 0. The monoisotopic (exact) mass is 1730 g/mol. The van der Waals surface area contributed by atoms with Gasteiger partial charge in [0.1, 0.15) is 29.0 Å². The first-order valence-corrected chi connectivity index (χ1v) is 39.9. The summed E-state index contributed by atoms with van der Waals surface area (Å²) >= 11 is 0. The SMILES string of the molecule is CC(=O)c1ccc(N)c(C(C)=O)c1.CC(=O)c1ccc(N=N/C(C(=N)C(C)(C)C)=C(\N)Nc2nc(-n3nc(C(C)(C)C)c(N=Nc4ccc(C(C)=O)cc4C(C)=O)c3N)nc(-n3nc(C(C)(C)C)c(N=Nc4ccc(C(C)=O)cc4C(C)=O)c3N)n2)c(C(C)=O)c1.CC(C)(C)C(N)=CC(N)=Nc1nc(-n2nc(C(C)(C)C)cc2N)nc(-n2nc(C(C)(C)C)cc2N)n1. The Bertz CT molecular complexity index is 6030. The van der Waals surface area contributed by atoms with Crippen LogP contribution >= 0.6 is 0 Å². The van der Waals surface area contributed by atoms with Crippen LogP contribution in [-0.4, -0.2) is 127 Å². The smallest absolute Gasteiger partial charge is 0.259 e. The Hall–Kier alpha value is -15.1. The number of hydrogen-bond acceptors (Lipinski definition) is 34. The van der Waals surface area contributed by atoms with Gasteiger partial charge in [-0.15, -0.1) is 30.7 Å². The number of nitrogens with zero attached hydrogens (tertiary/aromatic N) is 21. The predicted molar refractivity (Wildman–Crippen MR) is 489 cm³/mol. The van der Waals surface area contributed by atoms with E-state index < -0.39 is 16.2 Å². The van der Waals surface area contributed by atoms with Crippen LogP contribution in [0.15, 0.2) is 144 Å². The van der Waals surface area contributed by atoms with Gasteiger partial charge in [0.25, 0.3) is 29.7 Å². The Morgan fingerprint density at radius 1 is 0.386 bits per heavy atom. The summed E-state index contributed by atoms with van der Waals surface area (Å²) in [6.45, 7) is 45.7. The molecule has 0 spiro atoms. The van der Waals surface area contributed by atoms with Crippen LogP contribution in [0.1, 0.15) is 286 Å². The van der Waals surface area contributed by atoms with E-state index in [4.69, 9.17) is 61.1 Å². The van der Waals surface area contributed by atoms with E-state index in [1.165, 1.54) is 135 Å². The fraction of sp³-hybridized carbons (Fsp3) is 0.364. The van der Waals surface area contributed by atoms with E-state index in [1.54, 1.807) is 51.1 Å². The molecular weight excluding hydrogens is 1620 g/mol. The van der Waals surface area contributed by atoms with Gasteiger partial charge in [-0.1, -0.05) is 125 Å². The van der Waals surface area contributed by atoms with Crippen molar-refractivity contribution in [1.82, 2.24) is 69.0 Å². The number of anilines is 6. The zero-order valence-electron chi connectivity index (χ0n) is 76.4. The van der Waals surface area contributed by atoms with Crippen molar-refractivity contribution in [2.24, 2.45) is 63.7 Å². The fourth-order valence-corrected chi connectivity index (χ4v) is 11.4. The number of benzene rings is 4. The second kappa shape index (κ2) is 37.5. The fourth-order valence-electron chi connectivity index (χ4n) is 11.4. The van der Waals surface area contributed by atoms with Gasteiger partial charge in [-0.2, -0.15) is 74.0 Å². The lowest BCUT2D eigenvalue weighted by atomic mass is 9.88. The van der Waals surface area contributed by atoms with Crippen LogP contribution in [0.3, 0.4) is 0 Å². The summed E-state index contributed by atoms with van der Waals surface area (Å²) in [6, 6.07) is 21.6. The van der Waals surface area contributed by atoms with Gasteiger partial charge < -0.3 is 56.6 Å². The Balaban J connectivity index is 0.000000331. The molecule has 0 radical (unpaired) electrons. The number of hydrogen-bond donors (Lipinski definition) is 10. The molecule has 10 aromatic rings. The molecule has 0 unspecified atom stereocenters. The third kappa shape index (κ3) is 23.6. The average Bonchev–Trinajstić information content (AvgIpc) is 1.61. The minimum absolute atomic E-state index is 0.0323. The maximum Gasteiger partial charge on any atom is 0.259 e. The highest BCUT2D eigenvalue weighted by Gasteiger charge is 2.34. The summed E-state index contributed by atoms with van der Waals surface area (Å²) < 4.78 is 5.23. The second-order valence-corrected chi connectivity index (χ2v) is 36.2. The van der Waals surface area contributed by atoms with Crippen molar-refractivity contribution in [1.29, 1.82) is 5.41 Å². The van der Waals surface area contributed by atoms with Crippen LogP contribution in [-0.2, 0) is 21.7 Å². The predicted octanol–water partition coefficient (Wildman–Crippen LogP) is 16.0. The first-order chi connectivity index (χ1) is 58.6. The maximum absolute atomic E-state index is 12.8. The summed E-state index contributed by atoms with van der Waals surface area (Å²) in [5, 5.41) is 57.7. The van der Waals surface area contributed by atoms with E-state index >= 15 is 0 Å². The van der Waals surface area contributed by atoms with Crippen molar-refractivity contribution in [3.8, 4) is 23.8 Å². The van der Waals surface area contributed by atoms with Gasteiger partial charge in [-0.3, -0.25) is 38.4 Å². The van der Waals surface area contributed by atoms with Crippen LogP contribution < -0.4 is 51.2 Å². The van der Waals surface area contributed by atoms with Crippen molar-refractivity contribution in [3.05, 3.63) is 176 Å². The third-order valence-electron chi connectivity index (χ3n) is 19.0. The number of Topliss-reactive ketones (excluding diaryl/α,β-unsaturated/α-hetero) is 8. The van der Waals surface area contributed by atoms with Gasteiger partial charge in [0.15, 0.2) is 69.3 Å². The van der Waals surface area contributed by atoms with Crippen molar-refractivity contribution < 1.29 is 38.4 Å². The van der Waals surface area contributed by atoms with E-state index in [1.807, 2.05) is 104 Å². The Morgan fingerprint density at radius 2 is 0.724 bits per heavy atom. The van der Waals surface area contributed by atoms with Crippen LogP contribution in [0.2, 0.25) is 0 Å². The zero-order chi connectivity index (χ0) is 95.3. The highest BCUT2D eigenvalue weighted by Crippen LogP contribution is 2.42. The number of ketones is 8. The summed E-state index contributed by atoms with van der Waals surface area (Å²) in [5.41, 5.74) is 53.7. The van der Waals surface area contributed by atoms with E-state index in [2.05, 4.69) is 76.1 Å². The van der Waals surface area contributed by atoms with Crippen LogP contribution in [0.4, 0.5) is 69.3 Å². The second-order valence-electron chi connectivity index (χ2n) is 36.2. The number of azo groups is 3. The molecule has 127 heavy (non-hydrogen) atoms. The van der Waals surface area contributed by atoms with Gasteiger partial charge in [-0.05, 0) is 134 Å². The van der Waals surface area contributed by atoms with Crippen LogP contribution in [0.25, 0.3) is 23.8 Å². The Labute approximate surface area is 735 Å². The van der Waals surface area contributed by atoms with E-state index in [0.29, 0.717) is 56.7 Å². The first-order valence-electron chi connectivity index (χ1n) is 39.9. The number of aromatic nitrogens is 14. The first kappa shape index (κ1) is 97.4. The molecular formula is C88H111N31O8. The molecule has 0 aliphatic carbocycles. The summed E-state index contributed by atoms with van der Waals surface area (Å²) in [4.78, 5) is 129. The molecule has 0 aliphatic heterocycles. The molecule has 0 fully saturated rings. The minimum Gasteiger partial charge on any atom is -0.401 e. The normalized spacial score (nSPS) is 12.7. The van der Waals surface area contributed by atoms with Crippen LogP contribution in [0, 0.1) is 16.2 Å². The number of rotatable bonds is 23. The lowest BCUT2D eigenvalue weighted by molar-refractivity contribution is 0.0998. The summed E-state index contributed by atoms with van der Waals surface area (Å²) in [5.74, 6) is -2.12. The molecule has 0 bridgehead atoms. The molecule has 6 aromatic heterocycles. The van der Waals surface area contributed by atoms with E-state index in [9.17, 15) is 43.8 Å². The quantitative estimate of drug-likeness (QED) is 0.00934. The average molecular weight is 1730 g/mol. The largest absolute Gasteiger partial charge is 0.401 e. The third-order valence-corrected chi connectivity index (χ3v) is 19.0. The van der Waals surface area contributed by atoms with Crippen molar-refractivity contribution >= 4 is 127 Å². The number of carbonyl (C=O) groups is 8. The highest BCUT2D eigenvalue weighted by molar-refractivity contribution is 6.06. The molecule has 0 saturated carbocycles. The number of nitrogens with one attached hydrogen (secondary N) is 2. The number of allylic oxidation sites excluding steroid dienone is 2. The molecule has 39 nitrogen and oxygen atoms in total. The number of amidine groups is 1. The Morgan fingerprint density at radius 3 is 1.04 bits per heavy atom. The lowest BCUT2D eigenvalue weighted by Crippen LogP contribution is -2.26. The molecule has 6 heterocycles. The standard InChI is InChI=1S/C54H62N18O6.C24H38N12.C10H11NO2/c1-25(73)31-16-19-37(34(22-31)28(4)76)63-66-40(43(55)52(7,8)9)46(56)59-49-60-50(71-47(57)41(44(69-71)53(10,11)12)67-64-38-20-17-32(26(2)74)23-35(38)29(5)77)62-51(61-49)72-48(58)42(45(70-72)54(13,14)15)68-65-39-21-18-33(27(3)75)24-36(39)30(6)78;1-22(2,3)13(25)10-16(26)29-19-30-20(35-17(27)11-14(33-35)23(4,5)6)32-21(31-19)36-18(28)12-15(34-36)24(7,8)9;1-6(12)8-3-4-10(11)9(5-8)7(2)13/h16-24,55H,56-58H2,1-15H3,(H,59,60,61,62);10-12H,25,27-28H2,1-9H3,(H2,26,29,30,31,32);3-5H,11H2,1-2H3/b46-40+,55-43?,66-63?,67-64?,68-65?;;. The van der Waals surface area contributed by atoms with Gasteiger partial charge >= 0.3 is 0 Å². The van der Waals surface area contributed by atoms with Crippen molar-refractivity contribution in [2.45, 2.75) is 202 Å². The molecule has 0 atom stereocenters. The molecule has 666 valence electrons. The highest BCUT2D eigenvalue weighted by atomic mass is 16.2. The molecule has 0 aliphatic rings. The molecule has 10 rings (SSSR count). The minimum atomic E-state index is -0.880. The van der Waals surface area contributed by atoms with E-state index in [-0.39, 0.29) is 184 Å². The molecule has 39 heteroatoms. The van der Waals surface area contributed by atoms with Gasteiger partial charge in [-0.25, -0.2) is 0 Å². The maximum atomic E-state index is 12.8. The van der Waals surface area contributed by atoms with E-state index in [0.717, 1.165) is 11.4 Å². The molecule has 0 amide bonds. The van der Waals surface area contributed by atoms with Crippen molar-refractivity contribution in [3.63, 3.8) is 0 Å². The summed E-state index contributed by atoms with van der Waals surface area (Å²) in [6.07, 6.45) is 1.59. The lowest BCUT2D eigenvalue weighted by Gasteiger charge is -2.21. The number of aliphatic imine (C=N–C) groups is 1. The number of carbonyl (C=O) groups excluding carboxylic acids is 8. The van der Waals surface area contributed by atoms with Gasteiger partial charge in [0, 0.05) is 101 Å². The molecule has 4 aromatic carbocycles. The van der Waals surface area contributed by atoms with Crippen molar-refractivity contribution in [2.75, 3.05) is 34.0 Å². The number of nitrogen functional groups attached to an aromatic ring is 5. The topological polar surface area (TPSA) is 616 Å². The van der Waals surface area contributed by atoms with Crippen LogP contribution in [0.5, 0.6) is 0 Å². The molecule has 0 saturated heterocycles. The Kier molecular flexibility index (Phi) is 28.8. The van der Waals surface area contributed by atoms with Gasteiger partial charge in [0.2, 0.25) is 5.95 Å². The van der Waals surface area contributed by atoms with Gasteiger partial charge in [0.05, 0.1) is 45.5 Å². The number of nitrogens with two attached hydrogens (primary N) is 8. The molecule has 18 N–H and O–H groups in total.